The fourth-order valence-electron chi connectivity index (χ4n) is 1.52. The van der Waals surface area contributed by atoms with E-state index in [1.54, 1.807) is 19.1 Å². The van der Waals surface area contributed by atoms with Gasteiger partial charge >= 0.3 is 5.97 Å². The highest BCUT2D eigenvalue weighted by Gasteiger charge is 2.19. The van der Waals surface area contributed by atoms with Crippen molar-refractivity contribution in [2.45, 2.75) is 39.2 Å². The number of rotatable bonds is 3. The van der Waals surface area contributed by atoms with Gasteiger partial charge in [-0.05, 0) is 23.5 Å². The van der Waals surface area contributed by atoms with Crippen molar-refractivity contribution in [2.75, 3.05) is 6.61 Å². The van der Waals surface area contributed by atoms with Crippen LogP contribution in [-0.4, -0.2) is 17.7 Å². The summed E-state index contributed by atoms with van der Waals surface area (Å²) >= 11 is 0. The van der Waals surface area contributed by atoms with E-state index in [0.717, 1.165) is 5.56 Å². The molecule has 0 fully saturated rings. The van der Waals surface area contributed by atoms with Crippen LogP contribution in [0.1, 0.15) is 44.9 Å². The number of aliphatic hydroxyl groups excluding tert-OH is 1. The molecule has 94 valence electrons. The second kappa shape index (κ2) is 5.32. The molecule has 1 atom stereocenters. The Hall–Kier alpha value is -1.35. The van der Waals surface area contributed by atoms with E-state index >= 15 is 0 Å². The van der Waals surface area contributed by atoms with Gasteiger partial charge in [0.15, 0.2) is 6.10 Å². The number of hydrogen-bond acceptors (Lipinski definition) is 3. The number of hydrogen-bond donors (Lipinski definition) is 1. The van der Waals surface area contributed by atoms with Crippen molar-refractivity contribution in [3.63, 3.8) is 0 Å². The predicted octanol–water partition coefficient (Wildman–Crippen LogP) is 2.58. The molecular weight excluding hydrogens is 216 g/mol. The summed E-state index contributed by atoms with van der Waals surface area (Å²) in [6, 6.07) is 7.39. The van der Waals surface area contributed by atoms with E-state index in [2.05, 4.69) is 20.8 Å². The number of aliphatic hydroxyl groups is 1. The molecule has 3 heteroatoms. The normalized spacial score (nSPS) is 13.2. The molecule has 1 N–H and O–H groups in total. The highest BCUT2D eigenvalue weighted by Crippen LogP contribution is 2.24. The summed E-state index contributed by atoms with van der Waals surface area (Å²) in [6.07, 6.45) is -1.19. The molecule has 17 heavy (non-hydrogen) atoms. The number of esters is 1. The quantitative estimate of drug-likeness (QED) is 0.820. The molecule has 1 aromatic carbocycles. The summed E-state index contributed by atoms with van der Waals surface area (Å²) in [5, 5.41) is 9.74. The van der Waals surface area contributed by atoms with Crippen LogP contribution in [0.4, 0.5) is 0 Å². The molecule has 0 heterocycles. The van der Waals surface area contributed by atoms with Gasteiger partial charge in [0, 0.05) is 0 Å². The molecule has 1 rings (SSSR count). The second-order valence-electron chi connectivity index (χ2n) is 5.03. The Morgan fingerprint density at radius 1 is 1.29 bits per heavy atom. The van der Waals surface area contributed by atoms with Gasteiger partial charge in [0.2, 0.25) is 0 Å². The number of carbonyl (C=O) groups is 1. The molecule has 0 spiro atoms. The largest absolute Gasteiger partial charge is 0.464 e. The van der Waals surface area contributed by atoms with Crippen molar-refractivity contribution in [3.05, 3.63) is 35.4 Å². The Bertz CT molecular complexity index is 373. The minimum absolute atomic E-state index is 0.0629. The van der Waals surface area contributed by atoms with Crippen LogP contribution in [-0.2, 0) is 14.9 Å². The summed E-state index contributed by atoms with van der Waals surface area (Å²) < 4.78 is 4.77. The molecule has 1 aromatic rings. The Balaban J connectivity index is 2.84. The Morgan fingerprint density at radius 3 is 2.24 bits per heavy atom. The molecule has 0 radical (unpaired) electrons. The lowest BCUT2D eigenvalue weighted by molar-refractivity contribution is -0.153. The Morgan fingerprint density at radius 2 is 1.82 bits per heavy atom. The SMILES string of the molecule is CCOC(=O)[C@H](O)c1ccc(C(C)(C)C)cc1. The topological polar surface area (TPSA) is 46.5 Å². The third-order valence-electron chi connectivity index (χ3n) is 2.60. The molecule has 0 aromatic heterocycles. The van der Waals surface area contributed by atoms with E-state index in [9.17, 15) is 9.90 Å². The fourth-order valence-corrected chi connectivity index (χ4v) is 1.52. The number of ether oxygens (including phenoxy) is 1. The van der Waals surface area contributed by atoms with Crippen LogP contribution in [0.2, 0.25) is 0 Å². The van der Waals surface area contributed by atoms with Crippen LogP contribution in [0.3, 0.4) is 0 Å². The van der Waals surface area contributed by atoms with Crippen LogP contribution in [0.25, 0.3) is 0 Å². The second-order valence-corrected chi connectivity index (χ2v) is 5.03. The van der Waals surface area contributed by atoms with Crippen molar-refractivity contribution in [3.8, 4) is 0 Å². The van der Waals surface area contributed by atoms with E-state index in [1.165, 1.54) is 0 Å². The smallest absolute Gasteiger partial charge is 0.339 e. The third-order valence-corrected chi connectivity index (χ3v) is 2.60. The minimum atomic E-state index is -1.19. The molecule has 0 saturated heterocycles. The first kappa shape index (κ1) is 13.7. The maximum atomic E-state index is 11.4. The zero-order chi connectivity index (χ0) is 13.1. The molecule has 0 aliphatic heterocycles. The van der Waals surface area contributed by atoms with Crippen molar-refractivity contribution in [2.24, 2.45) is 0 Å². The first-order chi connectivity index (χ1) is 7.86. The highest BCUT2D eigenvalue weighted by atomic mass is 16.5. The van der Waals surface area contributed by atoms with Gasteiger partial charge in [-0.1, -0.05) is 45.0 Å². The highest BCUT2D eigenvalue weighted by molar-refractivity contribution is 5.76. The molecule has 3 nitrogen and oxygen atoms in total. The molecule has 0 unspecified atom stereocenters. The predicted molar refractivity (Wildman–Crippen MR) is 66.7 cm³/mol. The van der Waals surface area contributed by atoms with Crippen LogP contribution in [0.15, 0.2) is 24.3 Å². The van der Waals surface area contributed by atoms with Gasteiger partial charge in [-0.2, -0.15) is 0 Å². The Labute approximate surface area is 102 Å². The van der Waals surface area contributed by atoms with E-state index in [4.69, 9.17) is 4.74 Å². The molecule has 0 amide bonds. The van der Waals surface area contributed by atoms with Crippen molar-refractivity contribution < 1.29 is 14.6 Å². The molecule has 0 saturated carbocycles. The standard InChI is InChI=1S/C14H20O3/c1-5-17-13(16)12(15)10-6-8-11(9-7-10)14(2,3)4/h6-9,12,15H,5H2,1-4H3/t12-/m1/s1. The minimum Gasteiger partial charge on any atom is -0.464 e. The molecule has 0 aliphatic rings. The first-order valence-corrected chi connectivity index (χ1v) is 5.81. The maximum Gasteiger partial charge on any atom is 0.339 e. The van der Waals surface area contributed by atoms with Gasteiger partial charge in [-0.25, -0.2) is 4.79 Å². The van der Waals surface area contributed by atoms with E-state index < -0.39 is 12.1 Å². The lowest BCUT2D eigenvalue weighted by Gasteiger charge is -2.19. The van der Waals surface area contributed by atoms with Crippen molar-refractivity contribution in [1.29, 1.82) is 0 Å². The van der Waals surface area contributed by atoms with Gasteiger partial charge in [-0.3, -0.25) is 0 Å². The average molecular weight is 236 g/mol. The van der Waals surface area contributed by atoms with Crippen LogP contribution >= 0.6 is 0 Å². The Kier molecular flexibility index (Phi) is 4.29. The summed E-state index contributed by atoms with van der Waals surface area (Å²) in [4.78, 5) is 11.4. The molecular formula is C14H20O3. The van der Waals surface area contributed by atoms with Gasteiger partial charge in [-0.15, -0.1) is 0 Å². The van der Waals surface area contributed by atoms with Gasteiger partial charge < -0.3 is 9.84 Å². The summed E-state index contributed by atoms with van der Waals surface area (Å²) in [5.41, 5.74) is 1.79. The zero-order valence-electron chi connectivity index (χ0n) is 10.9. The van der Waals surface area contributed by atoms with Gasteiger partial charge in [0.05, 0.1) is 6.61 Å². The van der Waals surface area contributed by atoms with Gasteiger partial charge in [0.1, 0.15) is 0 Å². The summed E-state index contributed by atoms with van der Waals surface area (Å²) in [7, 11) is 0. The van der Waals surface area contributed by atoms with Crippen LogP contribution < -0.4 is 0 Å². The first-order valence-electron chi connectivity index (χ1n) is 5.81. The lowest BCUT2D eigenvalue weighted by Crippen LogP contribution is -2.16. The average Bonchev–Trinajstić information content (AvgIpc) is 2.27. The molecule has 0 aliphatic carbocycles. The number of benzene rings is 1. The van der Waals surface area contributed by atoms with Crippen molar-refractivity contribution in [1.82, 2.24) is 0 Å². The maximum absolute atomic E-state index is 11.4. The van der Waals surface area contributed by atoms with E-state index in [1.807, 2.05) is 12.1 Å². The number of carbonyl (C=O) groups excluding carboxylic acids is 1. The van der Waals surface area contributed by atoms with Gasteiger partial charge in [0.25, 0.3) is 0 Å². The van der Waals surface area contributed by atoms with Crippen LogP contribution in [0.5, 0.6) is 0 Å². The monoisotopic (exact) mass is 236 g/mol. The zero-order valence-corrected chi connectivity index (χ0v) is 10.9. The van der Waals surface area contributed by atoms with E-state index in [0.29, 0.717) is 5.56 Å². The fraction of sp³-hybridized carbons (Fsp3) is 0.500. The third kappa shape index (κ3) is 3.56. The van der Waals surface area contributed by atoms with Crippen LogP contribution in [0, 0.1) is 0 Å². The van der Waals surface area contributed by atoms with E-state index in [-0.39, 0.29) is 12.0 Å². The van der Waals surface area contributed by atoms with Crippen molar-refractivity contribution >= 4 is 5.97 Å². The summed E-state index contributed by atoms with van der Waals surface area (Å²) in [6.45, 7) is 8.33. The molecule has 0 bridgehead atoms. The summed E-state index contributed by atoms with van der Waals surface area (Å²) in [5.74, 6) is -0.601. The lowest BCUT2D eigenvalue weighted by atomic mass is 9.86.